The van der Waals surface area contributed by atoms with Crippen molar-refractivity contribution in [3.05, 3.63) is 48.0 Å². The third kappa shape index (κ3) is 9.69. The zero-order chi connectivity index (χ0) is 22.5. The molecule has 0 saturated carbocycles. The number of hydrogen-bond acceptors (Lipinski definition) is 3. The lowest BCUT2D eigenvalue weighted by Gasteiger charge is -2.23. The average molecular weight is 430 g/mol. The Hall–Kier alpha value is -2.14. The fourth-order valence-corrected chi connectivity index (χ4v) is 4.20. The van der Waals surface area contributed by atoms with Gasteiger partial charge in [-0.3, -0.25) is 9.59 Å². The van der Waals surface area contributed by atoms with E-state index in [0.717, 1.165) is 51.4 Å². The maximum absolute atomic E-state index is 12.2. The Balaban J connectivity index is 1.66. The van der Waals surface area contributed by atoms with Crippen LogP contribution < -0.4 is 0 Å². The van der Waals surface area contributed by atoms with Gasteiger partial charge in [-0.05, 0) is 50.0 Å². The van der Waals surface area contributed by atoms with Crippen molar-refractivity contribution in [3.8, 4) is 0 Å². The van der Waals surface area contributed by atoms with E-state index in [1.54, 1.807) is 0 Å². The second-order valence-electron chi connectivity index (χ2n) is 8.84. The van der Waals surface area contributed by atoms with Crippen molar-refractivity contribution in [2.75, 3.05) is 6.54 Å². The quantitative estimate of drug-likeness (QED) is 0.304. The van der Waals surface area contributed by atoms with Crippen molar-refractivity contribution in [1.29, 1.82) is 0 Å². The van der Waals surface area contributed by atoms with Crippen molar-refractivity contribution in [2.24, 2.45) is 5.92 Å². The van der Waals surface area contributed by atoms with Gasteiger partial charge in [0.1, 0.15) is 0 Å². The molecule has 1 fully saturated rings. The van der Waals surface area contributed by atoms with Crippen LogP contribution in [0.15, 0.2) is 42.5 Å². The van der Waals surface area contributed by atoms with Crippen LogP contribution in [-0.4, -0.2) is 45.7 Å². The van der Waals surface area contributed by atoms with Gasteiger partial charge in [0.15, 0.2) is 0 Å². The Morgan fingerprint density at radius 3 is 2.61 bits per heavy atom. The first-order valence-corrected chi connectivity index (χ1v) is 11.9. The first-order chi connectivity index (χ1) is 15.0. The van der Waals surface area contributed by atoms with Gasteiger partial charge in [-0.25, -0.2) is 0 Å². The predicted molar refractivity (Wildman–Crippen MR) is 124 cm³/mol. The maximum Gasteiger partial charge on any atom is 0.303 e. The normalized spacial score (nSPS) is 18.6. The van der Waals surface area contributed by atoms with Gasteiger partial charge in [-0.1, -0.05) is 68.7 Å². The molecule has 2 N–H and O–H groups in total. The first kappa shape index (κ1) is 25.1. The third-order valence-corrected chi connectivity index (χ3v) is 6.25. The fraction of sp³-hybridized carbons (Fsp3) is 0.615. The molecule has 0 aromatic heterocycles. The van der Waals surface area contributed by atoms with Gasteiger partial charge in [0.25, 0.3) is 0 Å². The van der Waals surface area contributed by atoms with Gasteiger partial charge >= 0.3 is 5.97 Å². The predicted octanol–water partition coefficient (Wildman–Crippen LogP) is 4.98. The van der Waals surface area contributed by atoms with E-state index in [1.165, 1.54) is 5.56 Å². The summed E-state index contributed by atoms with van der Waals surface area (Å²) >= 11 is 0. The topological polar surface area (TPSA) is 77.8 Å². The zero-order valence-electron chi connectivity index (χ0n) is 18.9. The molecule has 0 radical (unpaired) electrons. The first-order valence-electron chi connectivity index (χ1n) is 11.9. The number of aryl methyl sites for hydroxylation is 1. The van der Waals surface area contributed by atoms with Crippen LogP contribution in [0, 0.1) is 5.92 Å². The minimum atomic E-state index is -0.746. The minimum Gasteiger partial charge on any atom is -0.481 e. The third-order valence-electron chi connectivity index (χ3n) is 6.25. The fourth-order valence-electron chi connectivity index (χ4n) is 4.20. The molecule has 0 unspecified atom stereocenters. The number of carbonyl (C=O) groups is 2. The molecule has 3 atom stereocenters. The monoisotopic (exact) mass is 429 g/mol. The zero-order valence-corrected chi connectivity index (χ0v) is 18.9. The molecule has 0 bridgehead atoms. The van der Waals surface area contributed by atoms with E-state index in [0.29, 0.717) is 19.4 Å². The van der Waals surface area contributed by atoms with E-state index in [9.17, 15) is 14.7 Å². The highest BCUT2D eigenvalue weighted by Crippen LogP contribution is 2.22. The summed E-state index contributed by atoms with van der Waals surface area (Å²) in [7, 11) is 0. The summed E-state index contributed by atoms with van der Waals surface area (Å²) in [6, 6.07) is 10.6. The number of carboxylic acid groups (broad SMARTS) is 1. The Morgan fingerprint density at radius 2 is 1.87 bits per heavy atom. The number of carboxylic acids is 1. The molecule has 5 nitrogen and oxygen atoms in total. The summed E-state index contributed by atoms with van der Waals surface area (Å²) in [5.74, 6) is -0.362. The molecule has 2 rings (SSSR count). The number of carbonyl (C=O) groups excluding carboxylic acids is 1. The molecule has 1 aromatic rings. The summed E-state index contributed by atoms with van der Waals surface area (Å²) in [6.07, 6.45) is 12.7. The summed E-state index contributed by atoms with van der Waals surface area (Å²) in [4.78, 5) is 24.7. The summed E-state index contributed by atoms with van der Waals surface area (Å²) < 4.78 is 0. The molecule has 0 aliphatic carbocycles. The second-order valence-corrected chi connectivity index (χ2v) is 8.84. The van der Waals surface area contributed by atoms with E-state index in [1.807, 2.05) is 23.1 Å². The number of likely N-dealkylation sites (tertiary alicyclic amines) is 1. The van der Waals surface area contributed by atoms with E-state index >= 15 is 0 Å². The number of aliphatic hydroxyl groups excluding tert-OH is 1. The molecular formula is C26H39NO4. The number of nitrogens with zero attached hydrogens (tertiary/aromatic N) is 1. The van der Waals surface area contributed by atoms with Gasteiger partial charge in [-0.2, -0.15) is 0 Å². The van der Waals surface area contributed by atoms with Crippen LogP contribution in [0.3, 0.4) is 0 Å². The highest BCUT2D eigenvalue weighted by atomic mass is 16.4. The standard InChI is InChI=1S/C26H39NO4/c1-21(11-8-9-14-22-12-5-4-6-13-22)24(28)18-16-23-17-19-25(29)27(23)20-10-3-2-7-15-26(30)31/h4-6,12-13,16,18,21,23-24,28H,2-3,7-11,14-15,17,19-20H2,1H3,(H,30,31)/t21-,23-,24-/m0/s1. The van der Waals surface area contributed by atoms with E-state index in [4.69, 9.17) is 5.11 Å². The minimum absolute atomic E-state index is 0.0754. The molecular weight excluding hydrogens is 390 g/mol. The van der Waals surface area contributed by atoms with Crippen LogP contribution in [-0.2, 0) is 16.0 Å². The highest BCUT2D eigenvalue weighted by molar-refractivity contribution is 5.79. The number of unbranched alkanes of at least 4 members (excludes halogenated alkanes) is 4. The molecule has 5 heteroatoms. The van der Waals surface area contributed by atoms with Crippen molar-refractivity contribution < 1.29 is 19.8 Å². The number of aliphatic hydroxyl groups is 1. The van der Waals surface area contributed by atoms with E-state index in [-0.39, 0.29) is 24.3 Å². The summed E-state index contributed by atoms with van der Waals surface area (Å²) in [5, 5.41) is 19.2. The van der Waals surface area contributed by atoms with Gasteiger partial charge in [0.2, 0.25) is 5.91 Å². The Labute approximate surface area is 187 Å². The van der Waals surface area contributed by atoms with Gasteiger partial charge < -0.3 is 15.1 Å². The van der Waals surface area contributed by atoms with Crippen molar-refractivity contribution in [3.63, 3.8) is 0 Å². The molecule has 31 heavy (non-hydrogen) atoms. The molecule has 1 aliphatic heterocycles. The van der Waals surface area contributed by atoms with Crippen LogP contribution >= 0.6 is 0 Å². The molecule has 1 saturated heterocycles. The molecule has 172 valence electrons. The summed E-state index contributed by atoms with van der Waals surface area (Å²) in [5.41, 5.74) is 1.36. The Kier molecular flexibility index (Phi) is 11.4. The van der Waals surface area contributed by atoms with Crippen LogP contribution in [0.1, 0.15) is 76.7 Å². The number of benzene rings is 1. The second kappa shape index (κ2) is 14.0. The SMILES string of the molecule is C[C@@H](CCCCc1ccccc1)[C@@H](O)C=C[C@H]1CCC(=O)N1CCCCCCC(=O)O. The number of hydrogen-bond donors (Lipinski definition) is 2. The Bertz CT molecular complexity index is 688. The molecule has 1 aromatic carbocycles. The number of rotatable bonds is 15. The average Bonchev–Trinajstić information content (AvgIpc) is 3.11. The smallest absolute Gasteiger partial charge is 0.303 e. The molecule has 1 heterocycles. The van der Waals surface area contributed by atoms with Crippen LogP contribution in [0.4, 0.5) is 0 Å². The maximum atomic E-state index is 12.2. The van der Waals surface area contributed by atoms with Crippen molar-refractivity contribution >= 4 is 11.9 Å². The van der Waals surface area contributed by atoms with Crippen molar-refractivity contribution in [2.45, 2.75) is 89.7 Å². The molecule has 0 spiro atoms. The van der Waals surface area contributed by atoms with E-state index < -0.39 is 12.1 Å². The number of amides is 1. The van der Waals surface area contributed by atoms with Crippen molar-refractivity contribution in [1.82, 2.24) is 4.90 Å². The van der Waals surface area contributed by atoms with E-state index in [2.05, 4.69) is 31.2 Å². The molecule has 1 aliphatic rings. The number of aliphatic carboxylic acids is 1. The highest BCUT2D eigenvalue weighted by Gasteiger charge is 2.28. The van der Waals surface area contributed by atoms with Gasteiger partial charge in [0, 0.05) is 19.4 Å². The van der Waals surface area contributed by atoms with Crippen LogP contribution in [0.25, 0.3) is 0 Å². The summed E-state index contributed by atoms with van der Waals surface area (Å²) in [6.45, 7) is 2.80. The lowest BCUT2D eigenvalue weighted by molar-refractivity contribution is -0.137. The lowest BCUT2D eigenvalue weighted by Crippen LogP contribution is -2.33. The molecule has 1 amide bonds. The lowest BCUT2D eigenvalue weighted by atomic mass is 9.95. The van der Waals surface area contributed by atoms with Gasteiger partial charge in [0.05, 0.1) is 12.1 Å². The van der Waals surface area contributed by atoms with Crippen LogP contribution in [0.5, 0.6) is 0 Å². The largest absolute Gasteiger partial charge is 0.481 e. The van der Waals surface area contributed by atoms with Gasteiger partial charge in [-0.15, -0.1) is 0 Å². The van der Waals surface area contributed by atoms with Crippen LogP contribution in [0.2, 0.25) is 0 Å². The Morgan fingerprint density at radius 1 is 1.13 bits per heavy atom.